The maximum absolute atomic E-state index is 12.3. The highest BCUT2D eigenvalue weighted by Gasteiger charge is 2.25. The number of hydrogen-bond donors (Lipinski definition) is 1. The summed E-state index contributed by atoms with van der Waals surface area (Å²) < 4.78 is 24.5. The number of rotatable bonds is 4. The van der Waals surface area contributed by atoms with Gasteiger partial charge in [-0.3, -0.25) is 9.78 Å². The van der Waals surface area contributed by atoms with Crippen LogP contribution in [0.5, 0.6) is 0 Å². The minimum Gasteiger partial charge on any atom is -0.352 e. The van der Waals surface area contributed by atoms with Crippen molar-refractivity contribution in [1.82, 2.24) is 14.6 Å². The van der Waals surface area contributed by atoms with Crippen molar-refractivity contribution in [3.8, 4) is 0 Å². The van der Waals surface area contributed by atoms with Crippen LogP contribution in [0.25, 0.3) is 10.9 Å². The zero-order chi connectivity index (χ0) is 17.2. The monoisotopic (exact) mass is 347 g/mol. The van der Waals surface area contributed by atoms with Gasteiger partial charge in [0.25, 0.3) is 5.91 Å². The standard InChI is InChI=1S/C17H21N3O3S/c1-24(22,23)20-9-6-13(7-10-20)12-19-17(21)15-4-5-16-14(11-15)3-2-8-18-16/h2-5,8,11,13H,6-7,9-10,12H2,1H3,(H,19,21). The van der Waals surface area contributed by atoms with Gasteiger partial charge in [0, 0.05) is 36.8 Å². The second-order valence-electron chi connectivity index (χ2n) is 6.23. The zero-order valence-corrected chi connectivity index (χ0v) is 14.4. The van der Waals surface area contributed by atoms with Crippen LogP contribution >= 0.6 is 0 Å². The summed E-state index contributed by atoms with van der Waals surface area (Å²) in [7, 11) is -3.10. The number of nitrogens with zero attached hydrogens (tertiary/aromatic N) is 2. The third-order valence-corrected chi connectivity index (χ3v) is 5.76. The number of hydrogen-bond acceptors (Lipinski definition) is 4. The van der Waals surface area contributed by atoms with Crippen LogP contribution in [-0.2, 0) is 10.0 Å². The number of nitrogens with one attached hydrogen (secondary N) is 1. The Hall–Kier alpha value is -1.99. The third kappa shape index (κ3) is 3.91. The molecular weight excluding hydrogens is 326 g/mol. The van der Waals surface area contributed by atoms with Gasteiger partial charge in [-0.25, -0.2) is 12.7 Å². The molecule has 0 aliphatic carbocycles. The number of carbonyl (C=O) groups excluding carboxylic acids is 1. The van der Waals surface area contributed by atoms with Gasteiger partial charge in [-0.15, -0.1) is 0 Å². The molecule has 0 spiro atoms. The summed E-state index contributed by atoms with van der Waals surface area (Å²) in [5.41, 5.74) is 1.48. The lowest BCUT2D eigenvalue weighted by Crippen LogP contribution is -2.41. The molecule has 2 heterocycles. The molecule has 24 heavy (non-hydrogen) atoms. The van der Waals surface area contributed by atoms with Gasteiger partial charge in [-0.1, -0.05) is 6.07 Å². The molecule has 128 valence electrons. The number of aromatic nitrogens is 1. The van der Waals surface area contributed by atoms with E-state index in [0.29, 0.717) is 31.1 Å². The van der Waals surface area contributed by atoms with Crippen molar-refractivity contribution in [2.24, 2.45) is 5.92 Å². The van der Waals surface area contributed by atoms with Crippen molar-refractivity contribution in [2.75, 3.05) is 25.9 Å². The molecule has 0 radical (unpaired) electrons. The van der Waals surface area contributed by atoms with Gasteiger partial charge in [0.05, 0.1) is 11.8 Å². The zero-order valence-electron chi connectivity index (χ0n) is 13.6. The number of fused-ring (bicyclic) bond motifs is 1. The average Bonchev–Trinajstić information content (AvgIpc) is 2.59. The van der Waals surface area contributed by atoms with E-state index in [1.54, 1.807) is 12.3 Å². The van der Waals surface area contributed by atoms with Crippen LogP contribution in [0.15, 0.2) is 36.5 Å². The van der Waals surface area contributed by atoms with Crippen LogP contribution in [0, 0.1) is 5.92 Å². The van der Waals surface area contributed by atoms with Crippen LogP contribution in [0.3, 0.4) is 0 Å². The number of piperidine rings is 1. The van der Waals surface area contributed by atoms with Crippen molar-refractivity contribution >= 4 is 26.8 Å². The van der Waals surface area contributed by atoms with Gasteiger partial charge in [-0.05, 0) is 43.0 Å². The van der Waals surface area contributed by atoms with E-state index in [4.69, 9.17) is 0 Å². The van der Waals surface area contributed by atoms with E-state index in [1.807, 2.05) is 24.3 Å². The molecule has 1 fully saturated rings. The van der Waals surface area contributed by atoms with Gasteiger partial charge in [0.15, 0.2) is 0 Å². The lowest BCUT2D eigenvalue weighted by molar-refractivity contribution is 0.0941. The first kappa shape index (κ1) is 16.9. The highest BCUT2D eigenvalue weighted by molar-refractivity contribution is 7.88. The molecule has 7 heteroatoms. The Labute approximate surface area is 141 Å². The summed E-state index contributed by atoms with van der Waals surface area (Å²) in [6.07, 6.45) is 4.51. The highest BCUT2D eigenvalue weighted by Crippen LogP contribution is 2.19. The fourth-order valence-electron chi connectivity index (χ4n) is 3.00. The van der Waals surface area contributed by atoms with Crippen molar-refractivity contribution < 1.29 is 13.2 Å². The Morgan fingerprint density at radius 3 is 2.75 bits per heavy atom. The van der Waals surface area contributed by atoms with Crippen LogP contribution in [0.4, 0.5) is 0 Å². The second-order valence-corrected chi connectivity index (χ2v) is 8.21. The maximum Gasteiger partial charge on any atom is 0.251 e. The van der Waals surface area contributed by atoms with Crippen LogP contribution < -0.4 is 5.32 Å². The van der Waals surface area contributed by atoms with Gasteiger partial charge in [0.1, 0.15) is 0 Å². The summed E-state index contributed by atoms with van der Waals surface area (Å²) in [5, 5.41) is 3.90. The first-order chi connectivity index (χ1) is 11.4. The minimum atomic E-state index is -3.10. The van der Waals surface area contributed by atoms with E-state index in [1.165, 1.54) is 10.6 Å². The first-order valence-electron chi connectivity index (χ1n) is 8.01. The molecule has 1 saturated heterocycles. The van der Waals surface area contributed by atoms with Gasteiger partial charge >= 0.3 is 0 Å². The normalized spacial score (nSPS) is 17.0. The van der Waals surface area contributed by atoms with Crippen LogP contribution in [0.1, 0.15) is 23.2 Å². The third-order valence-electron chi connectivity index (χ3n) is 4.46. The average molecular weight is 347 g/mol. The summed E-state index contributed by atoms with van der Waals surface area (Å²) >= 11 is 0. The van der Waals surface area contributed by atoms with Crippen molar-refractivity contribution in [2.45, 2.75) is 12.8 Å². The topological polar surface area (TPSA) is 79.4 Å². The molecule has 1 amide bonds. The van der Waals surface area contributed by atoms with Crippen LogP contribution in [0.2, 0.25) is 0 Å². The highest BCUT2D eigenvalue weighted by atomic mass is 32.2. The molecule has 0 atom stereocenters. The molecule has 1 aliphatic rings. The molecule has 3 rings (SSSR count). The largest absolute Gasteiger partial charge is 0.352 e. The van der Waals surface area contributed by atoms with E-state index in [9.17, 15) is 13.2 Å². The van der Waals surface area contributed by atoms with E-state index in [2.05, 4.69) is 10.3 Å². The van der Waals surface area contributed by atoms with Gasteiger partial charge < -0.3 is 5.32 Å². The van der Waals surface area contributed by atoms with E-state index in [0.717, 1.165) is 23.7 Å². The van der Waals surface area contributed by atoms with Gasteiger partial charge in [0.2, 0.25) is 10.0 Å². The molecule has 1 aliphatic heterocycles. The summed E-state index contributed by atoms with van der Waals surface area (Å²) in [6, 6.07) is 9.23. The van der Waals surface area contributed by atoms with E-state index < -0.39 is 10.0 Å². The number of carbonyl (C=O) groups is 1. The summed E-state index contributed by atoms with van der Waals surface area (Å²) in [6.45, 7) is 1.63. The number of pyridine rings is 1. The Morgan fingerprint density at radius 2 is 2.04 bits per heavy atom. The number of benzene rings is 1. The molecule has 0 unspecified atom stereocenters. The Bertz CT molecular complexity index is 843. The second kappa shape index (κ2) is 6.86. The van der Waals surface area contributed by atoms with Gasteiger partial charge in [-0.2, -0.15) is 0 Å². The predicted octanol–water partition coefficient (Wildman–Crippen LogP) is 1.64. The summed E-state index contributed by atoms with van der Waals surface area (Å²) in [4.78, 5) is 16.6. The molecule has 1 aromatic heterocycles. The molecule has 6 nitrogen and oxygen atoms in total. The van der Waals surface area contributed by atoms with E-state index >= 15 is 0 Å². The molecule has 0 bridgehead atoms. The SMILES string of the molecule is CS(=O)(=O)N1CCC(CNC(=O)c2ccc3ncccc3c2)CC1. The Morgan fingerprint density at radius 1 is 1.29 bits per heavy atom. The quantitative estimate of drug-likeness (QED) is 0.912. The molecule has 1 aromatic carbocycles. The predicted molar refractivity (Wildman–Crippen MR) is 93.2 cm³/mol. The Balaban J connectivity index is 1.56. The maximum atomic E-state index is 12.3. The summed E-state index contributed by atoms with van der Waals surface area (Å²) in [5.74, 6) is 0.209. The van der Waals surface area contributed by atoms with E-state index in [-0.39, 0.29) is 5.91 Å². The Kier molecular flexibility index (Phi) is 4.82. The van der Waals surface area contributed by atoms with Crippen molar-refractivity contribution in [1.29, 1.82) is 0 Å². The minimum absolute atomic E-state index is 0.105. The lowest BCUT2D eigenvalue weighted by atomic mass is 9.98. The molecule has 2 aromatic rings. The van der Waals surface area contributed by atoms with Crippen molar-refractivity contribution in [3.63, 3.8) is 0 Å². The number of sulfonamides is 1. The fraction of sp³-hybridized carbons (Fsp3) is 0.412. The van der Waals surface area contributed by atoms with Crippen LogP contribution in [-0.4, -0.2) is 49.5 Å². The molecular formula is C17H21N3O3S. The van der Waals surface area contributed by atoms with Crippen molar-refractivity contribution in [3.05, 3.63) is 42.1 Å². The molecule has 0 saturated carbocycles. The fourth-order valence-corrected chi connectivity index (χ4v) is 3.88. The lowest BCUT2D eigenvalue weighted by Gasteiger charge is -2.30. The smallest absolute Gasteiger partial charge is 0.251 e. The first-order valence-corrected chi connectivity index (χ1v) is 9.86. The molecule has 1 N–H and O–H groups in total. The number of amides is 1.